The minimum absolute atomic E-state index is 0.0646. The molecule has 0 radical (unpaired) electrons. The Morgan fingerprint density at radius 2 is 2.07 bits per heavy atom. The van der Waals surface area contributed by atoms with Gasteiger partial charge >= 0.3 is 0 Å². The Kier molecular flexibility index (Phi) is 5.02. The number of aromatic nitrogens is 1. The second-order valence-electron chi connectivity index (χ2n) is 6.84. The van der Waals surface area contributed by atoms with Crippen LogP contribution in [0.4, 0.5) is 11.4 Å². The van der Waals surface area contributed by atoms with Gasteiger partial charge in [0.15, 0.2) is 0 Å². The number of carbonyl (C=O) groups excluding carboxylic acids is 2. The minimum Gasteiger partial charge on any atom is -0.376 e. The van der Waals surface area contributed by atoms with Gasteiger partial charge in [0.25, 0.3) is 5.91 Å². The Bertz CT molecular complexity index is 834. The summed E-state index contributed by atoms with van der Waals surface area (Å²) in [5, 5.41) is 5.85. The van der Waals surface area contributed by atoms with Crippen molar-refractivity contribution in [2.75, 3.05) is 30.3 Å². The largest absolute Gasteiger partial charge is 0.376 e. The molecule has 1 saturated heterocycles. The zero-order valence-corrected chi connectivity index (χ0v) is 15.0. The molecule has 27 heavy (non-hydrogen) atoms. The van der Waals surface area contributed by atoms with E-state index in [0.717, 1.165) is 30.7 Å². The number of fused-ring (bicyclic) bond motifs is 1. The molecule has 140 valence electrons. The molecule has 2 N–H and O–H groups in total. The average molecular weight is 366 g/mol. The smallest absolute Gasteiger partial charge is 0.254 e. The highest BCUT2D eigenvalue weighted by Crippen LogP contribution is 2.27. The summed E-state index contributed by atoms with van der Waals surface area (Å²) in [5.74, 6) is -0.190. The molecular formula is C20H22N4O3. The van der Waals surface area contributed by atoms with E-state index in [1.165, 1.54) is 0 Å². The Hall–Kier alpha value is -2.93. The number of ether oxygens (including phenoxy) is 1. The maximum atomic E-state index is 13.2. The number of anilines is 2. The molecule has 3 heterocycles. The number of rotatable bonds is 5. The van der Waals surface area contributed by atoms with Gasteiger partial charge in [-0.2, -0.15) is 0 Å². The molecule has 7 heteroatoms. The monoisotopic (exact) mass is 366 g/mol. The summed E-state index contributed by atoms with van der Waals surface area (Å²) in [6, 6.07) is 9.18. The van der Waals surface area contributed by atoms with Crippen molar-refractivity contribution in [1.29, 1.82) is 0 Å². The topological polar surface area (TPSA) is 83.6 Å². The molecule has 2 aliphatic rings. The number of hydrogen-bond donors (Lipinski definition) is 2. The van der Waals surface area contributed by atoms with Gasteiger partial charge in [-0.25, -0.2) is 0 Å². The van der Waals surface area contributed by atoms with E-state index in [1.807, 2.05) is 23.1 Å². The van der Waals surface area contributed by atoms with Gasteiger partial charge in [-0.3, -0.25) is 14.6 Å². The molecule has 1 fully saturated rings. The molecule has 2 aliphatic heterocycles. The molecule has 0 spiro atoms. The Labute approximate surface area is 157 Å². The summed E-state index contributed by atoms with van der Waals surface area (Å²) < 4.78 is 5.74. The lowest BCUT2D eigenvalue weighted by Gasteiger charge is -2.26. The van der Waals surface area contributed by atoms with Crippen LogP contribution < -0.4 is 10.6 Å². The predicted molar refractivity (Wildman–Crippen MR) is 102 cm³/mol. The van der Waals surface area contributed by atoms with Crippen LogP contribution in [0.5, 0.6) is 0 Å². The summed E-state index contributed by atoms with van der Waals surface area (Å²) >= 11 is 0. The number of amides is 2. The summed E-state index contributed by atoms with van der Waals surface area (Å²) in [5.41, 5.74) is 3.03. The first kappa shape index (κ1) is 17.5. The molecule has 0 aliphatic carbocycles. The van der Waals surface area contributed by atoms with E-state index >= 15 is 0 Å². The van der Waals surface area contributed by atoms with Crippen molar-refractivity contribution in [2.45, 2.75) is 25.5 Å². The molecule has 0 saturated carbocycles. The highest BCUT2D eigenvalue weighted by molar-refractivity contribution is 6.03. The van der Waals surface area contributed by atoms with Crippen molar-refractivity contribution >= 4 is 23.2 Å². The summed E-state index contributed by atoms with van der Waals surface area (Å²) in [4.78, 5) is 30.7. The van der Waals surface area contributed by atoms with Crippen LogP contribution in [0.25, 0.3) is 0 Å². The van der Waals surface area contributed by atoms with Crippen molar-refractivity contribution in [3.63, 3.8) is 0 Å². The zero-order valence-electron chi connectivity index (χ0n) is 15.0. The van der Waals surface area contributed by atoms with Crippen LogP contribution in [0, 0.1) is 0 Å². The molecule has 1 unspecified atom stereocenters. The molecule has 2 amide bonds. The second kappa shape index (κ2) is 7.75. The van der Waals surface area contributed by atoms with Crippen molar-refractivity contribution in [2.24, 2.45) is 0 Å². The molecule has 7 nitrogen and oxygen atoms in total. The van der Waals surface area contributed by atoms with Crippen LogP contribution in [0.1, 0.15) is 28.8 Å². The standard InChI is InChI=1S/C20H22N4O3/c25-19-11-22-17-4-3-15(10-18(17)23-19)20(26)24(13-16-2-1-9-27-16)12-14-5-7-21-8-6-14/h3-8,10,16,22H,1-2,9,11-13H2,(H,23,25). The maximum Gasteiger partial charge on any atom is 0.254 e. The Morgan fingerprint density at radius 3 is 2.85 bits per heavy atom. The maximum absolute atomic E-state index is 13.2. The highest BCUT2D eigenvalue weighted by atomic mass is 16.5. The fourth-order valence-electron chi connectivity index (χ4n) is 3.45. The van der Waals surface area contributed by atoms with Crippen molar-refractivity contribution < 1.29 is 14.3 Å². The summed E-state index contributed by atoms with van der Waals surface area (Å²) in [7, 11) is 0. The van der Waals surface area contributed by atoms with E-state index in [4.69, 9.17) is 4.74 Å². The first-order chi connectivity index (χ1) is 13.2. The van der Waals surface area contributed by atoms with E-state index in [9.17, 15) is 9.59 Å². The molecular weight excluding hydrogens is 344 g/mol. The molecule has 4 rings (SSSR count). The number of nitrogens with zero attached hydrogens (tertiary/aromatic N) is 2. The van der Waals surface area contributed by atoms with Crippen LogP contribution >= 0.6 is 0 Å². The number of carbonyl (C=O) groups is 2. The van der Waals surface area contributed by atoms with Crippen molar-refractivity contribution in [1.82, 2.24) is 9.88 Å². The van der Waals surface area contributed by atoms with Gasteiger partial charge in [-0.15, -0.1) is 0 Å². The van der Waals surface area contributed by atoms with Gasteiger partial charge in [-0.05, 0) is 48.7 Å². The first-order valence-electron chi connectivity index (χ1n) is 9.16. The summed E-state index contributed by atoms with van der Waals surface area (Å²) in [6.07, 6.45) is 5.51. The highest BCUT2D eigenvalue weighted by Gasteiger charge is 2.25. The van der Waals surface area contributed by atoms with Gasteiger partial charge in [0.2, 0.25) is 5.91 Å². The SMILES string of the molecule is O=C1CNc2ccc(C(=O)N(Cc3ccncc3)CC3CCCO3)cc2N1. The van der Waals surface area contributed by atoms with E-state index in [0.29, 0.717) is 24.3 Å². The zero-order chi connectivity index (χ0) is 18.6. The van der Waals surface area contributed by atoms with Crippen LogP contribution in [-0.2, 0) is 16.1 Å². The summed E-state index contributed by atoms with van der Waals surface area (Å²) in [6.45, 7) is 2.03. The quantitative estimate of drug-likeness (QED) is 0.848. The third kappa shape index (κ3) is 4.09. The molecule has 1 atom stereocenters. The van der Waals surface area contributed by atoms with Gasteiger partial charge in [0.05, 0.1) is 24.0 Å². The Balaban J connectivity index is 1.57. The number of hydrogen-bond acceptors (Lipinski definition) is 5. The number of nitrogens with one attached hydrogen (secondary N) is 2. The van der Waals surface area contributed by atoms with Crippen LogP contribution in [-0.4, -0.2) is 47.5 Å². The molecule has 1 aromatic heterocycles. The van der Waals surface area contributed by atoms with Crippen molar-refractivity contribution in [3.05, 3.63) is 53.9 Å². The molecule has 2 aromatic rings. The lowest BCUT2D eigenvalue weighted by Crippen LogP contribution is -2.37. The lowest BCUT2D eigenvalue weighted by atomic mass is 10.1. The number of benzene rings is 1. The second-order valence-corrected chi connectivity index (χ2v) is 6.84. The van der Waals surface area contributed by atoms with E-state index in [2.05, 4.69) is 15.6 Å². The molecule has 1 aromatic carbocycles. The van der Waals surface area contributed by atoms with Gasteiger partial charge in [-0.1, -0.05) is 0 Å². The normalized spacial score (nSPS) is 18.4. The minimum atomic E-state index is -0.111. The third-order valence-electron chi connectivity index (χ3n) is 4.84. The van der Waals surface area contributed by atoms with Crippen molar-refractivity contribution in [3.8, 4) is 0 Å². The third-order valence-corrected chi connectivity index (χ3v) is 4.84. The fraction of sp³-hybridized carbons (Fsp3) is 0.350. The van der Waals surface area contributed by atoms with E-state index < -0.39 is 0 Å². The van der Waals surface area contributed by atoms with E-state index in [-0.39, 0.29) is 24.5 Å². The lowest BCUT2D eigenvalue weighted by molar-refractivity contribution is -0.114. The van der Waals surface area contributed by atoms with Crippen LogP contribution in [0.15, 0.2) is 42.7 Å². The van der Waals surface area contributed by atoms with Crippen LogP contribution in [0.3, 0.4) is 0 Å². The van der Waals surface area contributed by atoms with Crippen LogP contribution in [0.2, 0.25) is 0 Å². The van der Waals surface area contributed by atoms with Gasteiger partial charge < -0.3 is 20.3 Å². The Morgan fingerprint density at radius 1 is 1.22 bits per heavy atom. The average Bonchev–Trinajstić information content (AvgIpc) is 3.20. The van der Waals surface area contributed by atoms with E-state index in [1.54, 1.807) is 24.5 Å². The van der Waals surface area contributed by atoms with Gasteiger partial charge in [0, 0.05) is 37.7 Å². The molecule has 0 bridgehead atoms. The number of pyridine rings is 1. The first-order valence-corrected chi connectivity index (χ1v) is 9.16. The predicted octanol–water partition coefficient (Wildman–Crippen LogP) is 2.27. The van der Waals surface area contributed by atoms with Gasteiger partial charge in [0.1, 0.15) is 0 Å². The fourth-order valence-corrected chi connectivity index (χ4v) is 3.45.